The summed E-state index contributed by atoms with van der Waals surface area (Å²) in [5.74, 6) is -0.752. The Bertz CT molecular complexity index is 216. The predicted molar refractivity (Wildman–Crippen MR) is 60.9 cm³/mol. The molecule has 0 aromatic heterocycles. The van der Waals surface area contributed by atoms with E-state index in [4.69, 9.17) is 5.11 Å². The van der Waals surface area contributed by atoms with E-state index in [1.165, 1.54) is 0 Å². The van der Waals surface area contributed by atoms with Gasteiger partial charge in [0.15, 0.2) is 0 Å². The van der Waals surface area contributed by atoms with Crippen molar-refractivity contribution in [1.29, 1.82) is 0 Å². The monoisotopic (exact) mass is 213 g/mol. The number of hydrogen-bond donors (Lipinski definition) is 1. The highest BCUT2D eigenvalue weighted by atomic mass is 16.4. The summed E-state index contributed by atoms with van der Waals surface area (Å²) in [4.78, 5) is 13.5. The molecule has 1 N–H and O–H groups in total. The van der Waals surface area contributed by atoms with E-state index < -0.39 is 5.97 Å². The van der Waals surface area contributed by atoms with Crippen molar-refractivity contribution in [2.45, 2.75) is 58.5 Å². The van der Waals surface area contributed by atoms with Crippen LogP contribution in [0.1, 0.15) is 46.5 Å². The molecule has 0 saturated heterocycles. The first kappa shape index (κ1) is 12.5. The minimum Gasteiger partial charge on any atom is -0.481 e. The van der Waals surface area contributed by atoms with Crippen molar-refractivity contribution in [1.82, 2.24) is 4.90 Å². The molecule has 1 saturated carbocycles. The van der Waals surface area contributed by atoms with Crippen LogP contribution in [0.3, 0.4) is 0 Å². The third kappa shape index (κ3) is 2.94. The molecule has 3 nitrogen and oxygen atoms in total. The van der Waals surface area contributed by atoms with Crippen molar-refractivity contribution < 1.29 is 9.90 Å². The van der Waals surface area contributed by atoms with Crippen LogP contribution in [0.2, 0.25) is 0 Å². The fraction of sp³-hybridized carbons (Fsp3) is 0.917. The van der Waals surface area contributed by atoms with Crippen LogP contribution >= 0.6 is 0 Å². The zero-order valence-electron chi connectivity index (χ0n) is 10.1. The van der Waals surface area contributed by atoms with Gasteiger partial charge >= 0.3 is 5.97 Å². The van der Waals surface area contributed by atoms with E-state index >= 15 is 0 Å². The summed E-state index contributed by atoms with van der Waals surface area (Å²) in [6, 6.07) is 0.720. The first-order valence-electron chi connectivity index (χ1n) is 6.06. The summed E-state index contributed by atoms with van der Waals surface area (Å²) < 4.78 is 0. The number of carboxylic acids is 1. The number of carbonyl (C=O) groups is 1. The lowest BCUT2D eigenvalue weighted by atomic mass is 10.0. The van der Waals surface area contributed by atoms with E-state index in [1.807, 2.05) is 0 Å². The fourth-order valence-corrected chi connectivity index (χ4v) is 2.69. The van der Waals surface area contributed by atoms with Gasteiger partial charge in [-0.2, -0.15) is 0 Å². The highest BCUT2D eigenvalue weighted by molar-refractivity contribution is 5.71. The summed E-state index contributed by atoms with van der Waals surface area (Å²) in [7, 11) is 0. The van der Waals surface area contributed by atoms with Crippen LogP contribution in [0.15, 0.2) is 0 Å². The summed E-state index contributed by atoms with van der Waals surface area (Å²) in [5, 5.41) is 9.16. The first-order chi connectivity index (χ1) is 7.07. The molecule has 0 bridgehead atoms. The molecule has 2 unspecified atom stereocenters. The molecule has 0 aromatic carbocycles. The molecule has 88 valence electrons. The van der Waals surface area contributed by atoms with Crippen molar-refractivity contribution >= 4 is 5.97 Å². The zero-order valence-corrected chi connectivity index (χ0v) is 10.1. The molecule has 0 heterocycles. The highest BCUT2D eigenvalue weighted by Crippen LogP contribution is 2.31. The molecule has 3 heteroatoms. The molecule has 2 atom stereocenters. The Morgan fingerprint density at radius 3 is 2.60 bits per heavy atom. The molecule has 1 rings (SSSR count). The summed E-state index contributed by atoms with van der Waals surface area (Å²) in [6.07, 6.45) is 4.07. The molecule has 0 amide bonds. The Labute approximate surface area is 92.5 Å². The maximum Gasteiger partial charge on any atom is 0.308 e. The third-order valence-electron chi connectivity index (χ3n) is 3.37. The van der Waals surface area contributed by atoms with Gasteiger partial charge in [0.25, 0.3) is 0 Å². The van der Waals surface area contributed by atoms with Gasteiger partial charge in [-0.15, -0.1) is 0 Å². The van der Waals surface area contributed by atoms with E-state index in [1.54, 1.807) is 0 Å². The molecule has 1 aliphatic rings. The Hall–Kier alpha value is -0.570. The molecule has 0 radical (unpaired) electrons. The summed E-state index contributed by atoms with van der Waals surface area (Å²) in [6.45, 7) is 7.49. The van der Waals surface area contributed by atoms with Crippen molar-refractivity contribution in [3.63, 3.8) is 0 Å². The van der Waals surface area contributed by atoms with Gasteiger partial charge in [0.1, 0.15) is 0 Å². The van der Waals surface area contributed by atoms with Crippen molar-refractivity contribution in [3.8, 4) is 0 Å². The SMILES string of the molecule is CCCN(C(C)C)C1CCCC1C(=O)O. The molecule has 1 fully saturated rings. The maximum absolute atomic E-state index is 11.1. The lowest BCUT2D eigenvalue weighted by Crippen LogP contribution is -2.44. The molecule has 15 heavy (non-hydrogen) atoms. The van der Waals surface area contributed by atoms with Crippen LogP contribution in [-0.4, -0.2) is 34.6 Å². The molecule has 1 aliphatic carbocycles. The van der Waals surface area contributed by atoms with Crippen molar-refractivity contribution in [2.24, 2.45) is 5.92 Å². The van der Waals surface area contributed by atoms with Crippen molar-refractivity contribution in [2.75, 3.05) is 6.54 Å². The highest BCUT2D eigenvalue weighted by Gasteiger charge is 2.37. The number of aliphatic carboxylic acids is 1. The smallest absolute Gasteiger partial charge is 0.308 e. The van der Waals surface area contributed by atoms with Gasteiger partial charge in [-0.3, -0.25) is 9.69 Å². The Morgan fingerprint density at radius 1 is 1.47 bits per heavy atom. The molecule has 0 aromatic rings. The van der Waals surface area contributed by atoms with Gasteiger partial charge in [0.05, 0.1) is 5.92 Å². The summed E-state index contributed by atoms with van der Waals surface area (Å²) in [5.41, 5.74) is 0. The largest absolute Gasteiger partial charge is 0.481 e. The number of nitrogens with zero attached hydrogens (tertiary/aromatic N) is 1. The average Bonchev–Trinajstić information content (AvgIpc) is 2.61. The van der Waals surface area contributed by atoms with Gasteiger partial charge < -0.3 is 5.11 Å². The van der Waals surface area contributed by atoms with E-state index in [9.17, 15) is 4.79 Å². The molecule has 0 aliphatic heterocycles. The minimum atomic E-state index is -0.612. The lowest BCUT2D eigenvalue weighted by Gasteiger charge is -2.34. The van der Waals surface area contributed by atoms with Gasteiger partial charge in [0, 0.05) is 12.1 Å². The molecular formula is C12H23NO2. The summed E-state index contributed by atoms with van der Waals surface area (Å²) >= 11 is 0. The quantitative estimate of drug-likeness (QED) is 0.762. The Kier molecular flexibility index (Phi) is 4.58. The normalized spacial score (nSPS) is 26.5. The maximum atomic E-state index is 11.1. The second kappa shape index (κ2) is 5.50. The fourth-order valence-electron chi connectivity index (χ4n) is 2.69. The van der Waals surface area contributed by atoms with Crippen LogP contribution < -0.4 is 0 Å². The number of rotatable bonds is 5. The van der Waals surface area contributed by atoms with Gasteiger partial charge in [-0.05, 0) is 39.7 Å². The van der Waals surface area contributed by atoms with E-state index in [0.717, 1.165) is 32.2 Å². The van der Waals surface area contributed by atoms with Crippen LogP contribution in [0.4, 0.5) is 0 Å². The molecular weight excluding hydrogens is 190 g/mol. The van der Waals surface area contributed by atoms with Crippen molar-refractivity contribution in [3.05, 3.63) is 0 Å². The van der Waals surface area contributed by atoms with Crippen LogP contribution in [0.25, 0.3) is 0 Å². The third-order valence-corrected chi connectivity index (χ3v) is 3.37. The van der Waals surface area contributed by atoms with E-state index in [2.05, 4.69) is 25.7 Å². The topological polar surface area (TPSA) is 40.5 Å². The Morgan fingerprint density at radius 2 is 2.13 bits per heavy atom. The Balaban J connectivity index is 2.69. The average molecular weight is 213 g/mol. The number of carboxylic acid groups (broad SMARTS) is 1. The molecule has 0 spiro atoms. The van der Waals surface area contributed by atoms with Gasteiger partial charge in [-0.1, -0.05) is 13.3 Å². The standard InChI is InChI=1S/C12H23NO2/c1-4-8-13(9(2)3)11-7-5-6-10(11)12(14)15/h9-11H,4-8H2,1-3H3,(H,14,15). The second-order valence-corrected chi connectivity index (χ2v) is 4.77. The first-order valence-corrected chi connectivity index (χ1v) is 6.06. The van der Waals surface area contributed by atoms with Crippen LogP contribution in [0, 0.1) is 5.92 Å². The van der Waals surface area contributed by atoms with Gasteiger partial charge in [0.2, 0.25) is 0 Å². The zero-order chi connectivity index (χ0) is 11.4. The van der Waals surface area contributed by atoms with Crippen LogP contribution in [0.5, 0.6) is 0 Å². The predicted octanol–water partition coefficient (Wildman–Crippen LogP) is 2.36. The lowest BCUT2D eigenvalue weighted by molar-refractivity contribution is -0.143. The van der Waals surface area contributed by atoms with Crippen LogP contribution in [-0.2, 0) is 4.79 Å². The van der Waals surface area contributed by atoms with E-state index in [-0.39, 0.29) is 12.0 Å². The number of hydrogen-bond acceptors (Lipinski definition) is 2. The van der Waals surface area contributed by atoms with Gasteiger partial charge in [-0.25, -0.2) is 0 Å². The minimum absolute atomic E-state index is 0.140. The van der Waals surface area contributed by atoms with E-state index in [0.29, 0.717) is 6.04 Å². The second-order valence-electron chi connectivity index (χ2n) is 4.77.